The highest BCUT2D eigenvalue weighted by Crippen LogP contribution is 2.44. The van der Waals surface area contributed by atoms with Crippen molar-refractivity contribution >= 4 is 22.9 Å². The SMILES string of the molecule is COc1cc(C(OC(=O)N(C)CCCS(=O)OC)C2CCCCC2)c([N+](=O)[O-])cc1OC. The molecule has 2 rings (SSSR count). The predicted octanol–water partition coefficient (Wildman–Crippen LogP) is 4.00. The van der Waals surface area contributed by atoms with E-state index in [1.807, 2.05) is 0 Å². The van der Waals surface area contributed by atoms with Crippen LogP contribution >= 0.6 is 0 Å². The van der Waals surface area contributed by atoms with Gasteiger partial charge in [-0.3, -0.25) is 14.3 Å². The number of ether oxygens (including phenoxy) is 3. The fraction of sp³-hybridized carbons (Fsp3) is 0.667. The molecule has 1 aliphatic carbocycles. The summed E-state index contributed by atoms with van der Waals surface area (Å²) in [5.41, 5.74) is 0.117. The monoisotopic (exact) mass is 472 g/mol. The molecule has 0 aromatic heterocycles. The maximum Gasteiger partial charge on any atom is 0.410 e. The predicted molar refractivity (Wildman–Crippen MR) is 119 cm³/mol. The van der Waals surface area contributed by atoms with Gasteiger partial charge in [-0.15, -0.1) is 0 Å². The number of nitrogens with zero attached hydrogens (tertiary/aromatic N) is 2. The van der Waals surface area contributed by atoms with Crippen LogP contribution in [-0.2, 0) is 20.0 Å². The fourth-order valence-electron chi connectivity index (χ4n) is 3.91. The number of nitro benzene ring substituents is 1. The van der Waals surface area contributed by atoms with Gasteiger partial charge in [0.1, 0.15) is 6.10 Å². The summed E-state index contributed by atoms with van der Waals surface area (Å²) >= 11 is -1.40. The third-order valence-electron chi connectivity index (χ3n) is 5.64. The Balaban J connectivity index is 2.32. The van der Waals surface area contributed by atoms with E-state index in [1.165, 1.54) is 38.4 Å². The van der Waals surface area contributed by atoms with Crippen LogP contribution in [0, 0.1) is 16.0 Å². The van der Waals surface area contributed by atoms with E-state index < -0.39 is 28.2 Å². The second-order valence-electron chi connectivity index (χ2n) is 7.68. The lowest BCUT2D eigenvalue weighted by Crippen LogP contribution is -2.32. The van der Waals surface area contributed by atoms with Crippen molar-refractivity contribution < 1.29 is 32.3 Å². The number of carbonyl (C=O) groups is 1. The molecule has 0 spiro atoms. The summed E-state index contributed by atoms with van der Waals surface area (Å²) in [7, 11) is 5.80. The highest BCUT2D eigenvalue weighted by molar-refractivity contribution is 7.80. The molecule has 0 bridgehead atoms. The average molecular weight is 473 g/mol. The minimum atomic E-state index is -1.40. The lowest BCUT2D eigenvalue weighted by Gasteiger charge is -2.31. The molecule has 1 amide bonds. The smallest absolute Gasteiger partial charge is 0.410 e. The number of rotatable bonds is 11. The van der Waals surface area contributed by atoms with Crippen molar-refractivity contribution in [3.63, 3.8) is 0 Å². The molecule has 0 radical (unpaired) electrons. The Morgan fingerprint density at radius 2 is 1.81 bits per heavy atom. The molecule has 1 fully saturated rings. The first-order valence-electron chi connectivity index (χ1n) is 10.6. The molecule has 32 heavy (non-hydrogen) atoms. The molecule has 11 heteroatoms. The molecule has 0 aliphatic heterocycles. The van der Waals surface area contributed by atoms with Gasteiger partial charge in [0.15, 0.2) is 22.6 Å². The lowest BCUT2D eigenvalue weighted by atomic mass is 9.82. The molecular weight excluding hydrogens is 440 g/mol. The highest BCUT2D eigenvalue weighted by atomic mass is 32.2. The number of amides is 1. The maximum atomic E-state index is 12.8. The van der Waals surface area contributed by atoms with Crippen molar-refractivity contribution in [2.75, 3.05) is 40.7 Å². The van der Waals surface area contributed by atoms with E-state index >= 15 is 0 Å². The number of methoxy groups -OCH3 is 2. The van der Waals surface area contributed by atoms with E-state index in [2.05, 4.69) is 0 Å². The van der Waals surface area contributed by atoms with Gasteiger partial charge < -0.3 is 19.1 Å². The van der Waals surface area contributed by atoms with E-state index in [-0.39, 0.29) is 17.4 Å². The largest absolute Gasteiger partial charge is 0.493 e. The summed E-state index contributed by atoms with van der Waals surface area (Å²) in [5, 5.41) is 11.8. The minimum absolute atomic E-state index is 0.0427. The molecule has 180 valence electrons. The lowest BCUT2D eigenvalue weighted by molar-refractivity contribution is -0.386. The normalized spacial score (nSPS) is 16.1. The summed E-state index contributed by atoms with van der Waals surface area (Å²) in [6.07, 6.45) is 3.72. The van der Waals surface area contributed by atoms with E-state index in [9.17, 15) is 19.1 Å². The van der Waals surface area contributed by atoms with Crippen LogP contribution in [0.1, 0.15) is 50.2 Å². The molecule has 2 atom stereocenters. The van der Waals surface area contributed by atoms with Crippen LogP contribution in [0.15, 0.2) is 12.1 Å². The Kier molecular flexibility index (Phi) is 10.2. The molecule has 1 aromatic carbocycles. The first-order valence-corrected chi connectivity index (χ1v) is 11.8. The minimum Gasteiger partial charge on any atom is -0.493 e. The number of hydrogen-bond acceptors (Lipinski definition) is 8. The number of hydrogen-bond donors (Lipinski definition) is 0. The molecule has 0 saturated heterocycles. The topological polar surface area (TPSA) is 117 Å². The van der Waals surface area contributed by atoms with Gasteiger partial charge in [0.25, 0.3) is 5.69 Å². The van der Waals surface area contributed by atoms with Crippen LogP contribution in [0.3, 0.4) is 0 Å². The maximum absolute atomic E-state index is 12.8. The van der Waals surface area contributed by atoms with Crippen LogP contribution in [0.4, 0.5) is 10.5 Å². The Morgan fingerprint density at radius 1 is 1.19 bits per heavy atom. The molecule has 1 aliphatic rings. The quantitative estimate of drug-likeness (QED) is 0.350. The van der Waals surface area contributed by atoms with Crippen molar-refractivity contribution in [3.8, 4) is 11.5 Å². The first-order chi connectivity index (χ1) is 15.3. The van der Waals surface area contributed by atoms with Gasteiger partial charge in [0.2, 0.25) is 0 Å². The molecule has 1 aromatic rings. The summed E-state index contributed by atoms with van der Waals surface area (Å²) < 4.78 is 32.6. The third-order valence-corrected chi connectivity index (χ3v) is 6.64. The molecule has 1 saturated carbocycles. The second kappa shape index (κ2) is 12.6. The van der Waals surface area contributed by atoms with Crippen LogP contribution in [0.2, 0.25) is 0 Å². The molecule has 10 nitrogen and oxygen atoms in total. The van der Waals surface area contributed by atoms with Crippen LogP contribution in [-0.4, -0.2) is 60.8 Å². The summed E-state index contributed by atoms with van der Waals surface area (Å²) in [6.45, 7) is 0.319. The van der Waals surface area contributed by atoms with E-state index in [1.54, 1.807) is 7.05 Å². The van der Waals surface area contributed by atoms with Gasteiger partial charge in [0.05, 0.1) is 43.6 Å². The van der Waals surface area contributed by atoms with Crippen molar-refractivity contribution in [1.29, 1.82) is 0 Å². The summed E-state index contributed by atoms with van der Waals surface area (Å²) in [6, 6.07) is 2.84. The Labute approximate surface area is 191 Å². The highest BCUT2D eigenvalue weighted by Gasteiger charge is 2.35. The van der Waals surface area contributed by atoms with E-state index in [4.69, 9.17) is 18.4 Å². The molecule has 2 unspecified atom stereocenters. The number of carbonyl (C=O) groups excluding carboxylic acids is 1. The van der Waals surface area contributed by atoms with E-state index in [0.717, 1.165) is 32.1 Å². The Morgan fingerprint density at radius 3 is 2.38 bits per heavy atom. The number of nitro groups is 1. The van der Waals surface area contributed by atoms with Crippen molar-refractivity contribution in [2.45, 2.75) is 44.6 Å². The van der Waals surface area contributed by atoms with Gasteiger partial charge in [-0.25, -0.2) is 9.00 Å². The second-order valence-corrected chi connectivity index (χ2v) is 9.02. The van der Waals surface area contributed by atoms with E-state index in [0.29, 0.717) is 30.0 Å². The standard InChI is InChI=1S/C21H32N2O8S/c1-22(11-8-12-32(27)30-4)21(24)31-20(15-9-6-5-7-10-15)16-13-18(28-2)19(29-3)14-17(16)23(25)26/h13-15,20H,5-12H2,1-4H3. The van der Waals surface area contributed by atoms with Crippen LogP contribution in [0.25, 0.3) is 0 Å². The van der Waals surface area contributed by atoms with Crippen LogP contribution in [0.5, 0.6) is 11.5 Å². The van der Waals surface area contributed by atoms with Gasteiger partial charge in [0, 0.05) is 19.5 Å². The van der Waals surface area contributed by atoms with Gasteiger partial charge in [-0.2, -0.15) is 0 Å². The molecule has 0 heterocycles. The van der Waals surface area contributed by atoms with Crippen LogP contribution < -0.4 is 9.47 Å². The summed E-state index contributed by atoms with van der Waals surface area (Å²) in [4.78, 5) is 25.6. The average Bonchev–Trinajstić information content (AvgIpc) is 2.81. The zero-order valence-electron chi connectivity index (χ0n) is 19.0. The van der Waals surface area contributed by atoms with Crippen molar-refractivity contribution in [1.82, 2.24) is 4.90 Å². The van der Waals surface area contributed by atoms with Crippen molar-refractivity contribution in [2.24, 2.45) is 5.92 Å². The van der Waals surface area contributed by atoms with Gasteiger partial charge in [-0.1, -0.05) is 19.3 Å². The third kappa shape index (κ3) is 6.80. The molecular formula is C21H32N2O8S. The Hall–Kier alpha value is -2.40. The summed E-state index contributed by atoms with van der Waals surface area (Å²) in [5.74, 6) is 0.820. The van der Waals surface area contributed by atoms with Crippen molar-refractivity contribution in [3.05, 3.63) is 27.8 Å². The fourth-order valence-corrected chi connectivity index (χ4v) is 4.44. The van der Waals surface area contributed by atoms with Gasteiger partial charge >= 0.3 is 6.09 Å². The zero-order chi connectivity index (χ0) is 23.7. The Bertz CT molecular complexity index is 813. The molecule has 0 N–H and O–H groups in total. The van der Waals surface area contributed by atoms with Gasteiger partial charge in [-0.05, 0) is 25.3 Å². The number of benzene rings is 1. The zero-order valence-corrected chi connectivity index (χ0v) is 19.9. The first kappa shape index (κ1) is 25.9.